The normalized spacial score (nSPS) is 13.6. The molecule has 0 bridgehead atoms. The Morgan fingerprint density at radius 1 is 1.35 bits per heavy atom. The number of hydrogen-bond acceptors (Lipinski definition) is 4. The molecule has 4 nitrogen and oxygen atoms in total. The van der Waals surface area contributed by atoms with Crippen LogP contribution in [0.25, 0.3) is 0 Å². The molecule has 1 aromatic rings. The second-order valence-electron chi connectivity index (χ2n) is 3.78. The number of esters is 1. The third-order valence-corrected chi connectivity index (χ3v) is 2.56. The van der Waals surface area contributed by atoms with Gasteiger partial charge in [0.1, 0.15) is 5.82 Å². The number of carbonyl (C=O) groups excluding carboxylic acids is 2. The van der Waals surface area contributed by atoms with E-state index in [1.165, 1.54) is 39.2 Å². The lowest BCUT2D eigenvalue weighted by molar-refractivity contribution is -0.148. The summed E-state index contributed by atoms with van der Waals surface area (Å²) in [7, 11) is 1.17. The Kier molecular flexibility index (Phi) is 3.83. The summed E-state index contributed by atoms with van der Waals surface area (Å²) < 4.78 is 18.0. The molecule has 0 amide bonds. The predicted molar refractivity (Wildman–Crippen MR) is 61.1 cm³/mol. The van der Waals surface area contributed by atoms with E-state index in [0.717, 1.165) is 0 Å². The van der Waals surface area contributed by atoms with E-state index in [-0.39, 0.29) is 5.69 Å². The molecule has 1 atom stereocenters. The van der Waals surface area contributed by atoms with Crippen LogP contribution >= 0.6 is 0 Å². The zero-order valence-electron chi connectivity index (χ0n) is 9.91. The lowest BCUT2D eigenvalue weighted by Gasteiger charge is -2.26. The van der Waals surface area contributed by atoms with E-state index in [1.807, 2.05) is 0 Å². The van der Waals surface area contributed by atoms with Crippen molar-refractivity contribution in [2.24, 2.45) is 0 Å². The maximum atomic E-state index is 13.4. The molecule has 92 valence electrons. The maximum Gasteiger partial charge on any atom is 0.339 e. The highest BCUT2D eigenvalue weighted by Gasteiger charge is 2.40. The summed E-state index contributed by atoms with van der Waals surface area (Å²) in [5, 5.41) is 2.57. The average molecular weight is 239 g/mol. The van der Waals surface area contributed by atoms with E-state index in [2.05, 4.69) is 10.1 Å². The van der Waals surface area contributed by atoms with Gasteiger partial charge in [0.15, 0.2) is 11.3 Å². The number of nitrogens with one attached hydrogen (secondary N) is 1. The van der Waals surface area contributed by atoms with Crippen molar-refractivity contribution >= 4 is 17.4 Å². The number of carbonyl (C=O) groups is 2. The second kappa shape index (κ2) is 4.95. The fraction of sp³-hybridized carbons (Fsp3) is 0.333. The number of benzene rings is 1. The van der Waals surface area contributed by atoms with Crippen molar-refractivity contribution < 1.29 is 18.7 Å². The van der Waals surface area contributed by atoms with Gasteiger partial charge in [-0.1, -0.05) is 12.1 Å². The quantitative estimate of drug-likeness (QED) is 0.642. The average Bonchev–Trinajstić information content (AvgIpc) is 2.30. The fourth-order valence-corrected chi connectivity index (χ4v) is 1.32. The summed E-state index contributed by atoms with van der Waals surface area (Å²) in [5.74, 6) is -1.75. The predicted octanol–water partition coefficient (Wildman–Crippen LogP) is 1.76. The van der Waals surface area contributed by atoms with Crippen LogP contribution in [0.1, 0.15) is 13.8 Å². The highest BCUT2D eigenvalue weighted by molar-refractivity contribution is 6.09. The van der Waals surface area contributed by atoms with Gasteiger partial charge in [0.25, 0.3) is 0 Å². The molecular weight excluding hydrogens is 225 g/mol. The molecule has 1 aromatic carbocycles. The monoisotopic (exact) mass is 239 g/mol. The van der Waals surface area contributed by atoms with Crippen LogP contribution in [0.5, 0.6) is 0 Å². The van der Waals surface area contributed by atoms with Crippen molar-refractivity contribution in [2.45, 2.75) is 19.4 Å². The minimum absolute atomic E-state index is 0.0793. The van der Waals surface area contributed by atoms with E-state index in [1.54, 1.807) is 6.07 Å². The number of Topliss-reactive ketones (excluding diaryl/α,β-unsaturated/α-hetero) is 1. The van der Waals surface area contributed by atoms with Crippen molar-refractivity contribution in [3.63, 3.8) is 0 Å². The Balaban J connectivity index is 3.08. The largest absolute Gasteiger partial charge is 0.467 e. The Morgan fingerprint density at radius 2 is 1.94 bits per heavy atom. The van der Waals surface area contributed by atoms with Crippen LogP contribution in [-0.2, 0) is 14.3 Å². The highest BCUT2D eigenvalue weighted by Crippen LogP contribution is 2.20. The molecule has 0 aromatic heterocycles. The first-order chi connectivity index (χ1) is 7.91. The Morgan fingerprint density at radius 3 is 2.41 bits per heavy atom. The van der Waals surface area contributed by atoms with Crippen LogP contribution in [0.4, 0.5) is 10.1 Å². The molecule has 0 heterocycles. The second-order valence-corrected chi connectivity index (χ2v) is 3.78. The fourth-order valence-electron chi connectivity index (χ4n) is 1.32. The molecular formula is C12H14FNO3. The van der Waals surface area contributed by atoms with Gasteiger partial charge in [-0.3, -0.25) is 4.79 Å². The van der Waals surface area contributed by atoms with E-state index < -0.39 is 23.1 Å². The van der Waals surface area contributed by atoms with Crippen molar-refractivity contribution in [2.75, 3.05) is 12.4 Å². The first-order valence-electron chi connectivity index (χ1n) is 5.04. The summed E-state index contributed by atoms with van der Waals surface area (Å²) in [5.41, 5.74) is -1.51. The zero-order chi connectivity index (χ0) is 13.1. The van der Waals surface area contributed by atoms with Gasteiger partial charge in [-0.25, -0.2) is 9.18 Å². The van der Waals surface area contributed by atoms with Gasteiger partial charge in [-0.05, 0) is 26.0 Å². The summed E-state index contributed by atoms with van der Waals surface area (Å²) in [6.07, 6.45) is 0. The minimum atomic E-state index is -1.59. The van der Waals surface area contributed by atoms with E-state index in [0.29, 0.717) is 0 Å². The lowest BCUT2D eigenvalue weighted by atomic mass is 9.97. The molecule has 0 aliphatic heterocycles. The number of rotatable bonds is 4. The Hall–Kier alpha value is -1.91. The Bertz CT molecular complexity index is 447. The molecule has 0 spiro atoms. The molecule has 0 radical (unpaired) electrons. The molecule has 0 aliphatic rings. The van der Waals surface area contributed by atoms with Crippen molar-refractivity contribution in [1.82, 2.24) is 0 Å². The standard InChI is InChI=1S/C12H14FNO3/c1-8(15)12(2,11(16)17-3)14-10-7-5-4-6-9(10)13/h4-7,14H,1-3H3. The molecule has 1 rings (SSSR count). The summed E-state index contributed by atoms with van der Waals surface area (Å²) in [4.78, 5) is 23.1. The molecule has 5 heteroatoms. The number of ether oxygens (including phenoxy) is 1. The van der Waals surface area contributed by atoms with Crippen LogP contribution in [-0.4, -0.2) is 24.4 Å². The number of ketones is 1. The van der Waals surface area contributed by atoms with Gasteiger partial charge in [0.05, 0.1) is 12.8 Å². The number of anilines is 1. The number of methoxy groups -OCH3 is 1. The van der Waals surface area contributed by atoms with Gasteiger partial charge in [0, 0.05) is 0 Å². The van der Waals surface area contributed by atoms with Crippen LogP contribution in [0, 0.1) is 5.82 Å². The molecule has 17 heavy (non-hydrogen) atoms. The highest BCUT2D eigenvalue weighted by atomic mass is 19.1. The van der Waals surface area contributed by atoms with Crippen LogP contribution < -0.4 is 5.32 Å². The number of halogens is 1. The summed E-state index contributed by atoms with van der Waals surface area (Å²) in [6, 6.07) is 5.80. The summed E-state index contributed by atoms with van der Waals surface area (Å²) in [6.45, 7) is 2.60. The van der Waals surface area contributed by atoms with E-state index in [9.17, 15) is 14.0 Å². The van der Waals surface area contributed by atoms with Crippen molar-refractivity contribution in [3.8, 4) is 0 Å². The smallest absolute Gasteiger partial charge is 0.339 e. The van der Waals surface area contributed by atoms with Crippen LogP contribution in [0.3, 0.4) is 0 Å². The molecule has 0 saturated carbocycles. The van der Waals surface area contributed by atoms with Gasteiger partial charge >= 0.3 is 5.97 Å². The zero-order valence-corrected chi connectivity index (χ0v) is 9.91. The number of para-hydroxylation sites is 1. The Labute approximate surface area is 98.8 Å². The minimum Gasteiger partial charge on any atom is -0.467 e. The molecule has 0 saturated heterocycles. The van der Waals surface area contributed by atoms with Crippen molar-refractivity contribution in [1.29, 1.82) is 0 Å². The van der Waals surface area contributed by atoms with Crippen molar-refractivity contribution in [3.05, 3.63) is 30.1 Å². The van der Waals surface area contributed by atoms with Gasteiger partial charge in [-0.15, -0.1) is 0 Å². The van der Waals surface area contributed by atoms with Gasteiger partial charge < -0.3 is 10.1 Å². The van der Waals surface area contributed by atoms with E-state index >= 15 is 0 Å². The molecule has 0 fully saturated rings. The molecule has 0 aliphatic carbocycles. The third kappa shape index (κ3) is 2.61. The first kappa shape index (κ1) is 13.2. The van der Waals surface area contributed by atoms with E-state index in [4.69, 9.17) is 0 Å². The lowest BCUT2D eigenvalue weighted by Crippen LogP contribution is -2.50. The van der Waals surface area contributed by atoms with Crippen LogP contribution in [0.2, 0.25) is 0 Å². The maximum absolute atomic E-state index is 13.4. The third-order valence-electron chi connectivity index (χ3n) is 2.56. The number of hydrogen-bond donors (Lipinski definition) is 1. The van der Waals surface area contributed by atoms with Crippen LogP contribution in [0.15, 0.2) is 24.3 Å². The molecule has 1 N–H and O–H groups in total. The SMILES string of the molecule is COC(=O)C(C)(Nc1ccccc1F)C(C)=O. The first-order valence-corrected chi connectivity index (χ1v) is 5.04. The topological polar surface area (TPSA) is 55.4 Å². The molecule has 1 unspecified atom stereocenters. The summed E-state index contributed by atoms with van der Waals surface area (Å²) >= 11 is 0. The van der Waals surface area contributed by atoms with Gasteiger partial charge in [-0.2, -0.15) is 0 Å². The van der Waals surface area contributed by atoms with Gasteiger partial charge in [0.2, 0.25) is 0 Å².